The molecule has 0 bridgehead atoms. The predicted molar refractivity (Wildman–Crippen MR) is 124 cm³/mol. The zero-order chi connectivity index (χ0) is 20.4. The summed E-state index contributed by atoms with van der Waals surface area (Å²) < 4.78 is 0. The lowest BCUT2D eigenvalue weighted by atomic mass is 10.1. The average Bonchev–Trinajstić information content (AvgIpc) is 2.81. The first kappa shape index (κ1) is 20.1. The first-order valence-corrected chi connectivity index (χ1v) is 10.5. The zero-order valence-corrected chi connectivity index (χ0v) is 17.3. The normalized spacial score (nSPS) is 11.1. The first-order valence-electron chi connectivity index (χ1n) is 10.5. The molecule has 0 aromatic heterocycles. The van der Waals surface area contributed by atoms with Crippen LogP contribution in [0.4, 0.5) is 0 Å². The van der Waals surface area contributed by atoms with E-state index in [1.165, 1.54) is 22.3 Å². The molecular formula is C28H28N2. The summed E-state index contributed by atoms with van der Waals surface area (Å²) in [4.78, 5) is 0. The van der Waals surface area contributed by atoms with Crippen molar-refractivity contribution in [3.8, 4) is 0 Å². The Balaban J connectivity index is 1.64. The third kappa shape index (κ3) is 5.90. The number of nitrogens with zero attached hydrogens (tertiary/aromatic N) is 2. The molecule has 0 aliphatic rings. The van der Waals surface area contributed by atoms with Crippen LogP contribution in [0.3, 0.4) is 0 Å². The Morgan fingerprint density at radius 2 is 0.500 bits per heavy atom. The smallest absolute Gasteiger partial charge is 0.0388 e. The molecule has 0 radical (unpaired) electrons. The van der Waals surface area contributed by atoms with Crippen LogP contribution in [-0.2, 0) is 26.2 Å². The molecule has 4 rings (SSSR count). The Bertz CT molecular complexity index is 818. The molecule has 2 heteroatoms. The van der Waals surface area contributed by atoms with Crippen molar-refractivity contribution in [2.24, 2.45) is 0 Å². The minimum absolute atomic E-state index is 0.870. The van der Waals surface area contributed by atoms with Gasteiger partial charge < -0.3 is 0 Å². The topological polar surface area (TPSA) is 6.48 Å². The van der Waals surface area contributed by atoms with Gasteiger partial charge in [0.2, 0.25) is 0 Å². The van der Waals surface area contributed by atoms with Crippen molar-refractivity contribution in [2.45, 2.75) is 26.2 Å². The van der Waals surface area contributed by atoms with Crippen LogP contribution < -0.4 is 0 Å². The summed E-state index contributed by atoms with van der Waals surface area (Å²) in [7, 11) is 0. The second kappa shape index (κ2) is 10.5. The molecule has 0 unspecified atom stereocenters. The monoisotopic (exact) mass is 392 g/mol. The second-order valence-corrected chi connectivity index (χ2v) is 7.59. The molecular weight excluding hydrogens is 364 g/mol. The molecule has 0 saturated heterocycles. The van der Waals surface area contributed by atoms with Crippen molar-refractivity contribution < 1.29 is 0 Å². The van der Waals surface area contributed by atoms with E-state index < -0.39 is 0 Å². The first-order chi connectivity index (χ1) is 14.9. The summed E-state index contributed by atoms with van der Waals surface area (Å²) in [6.07, 6.45) is 0. The summed E-state index contributed by atoms with van der Waals surface area (Å²) >= 11 is 0. The van der Waals surface area contributed by atoms with Crippen LogP contribution in [0.25, 0.3) is 0 Å². The highest BCUT2D eigenvalue weighted by molar-refractivity contribution is 5.19. The van der Waals surface area contributed by atoms with E-state index in [9.17, 15) is 0 Å². The number of hydrogen-bond acceptors (Lipinski definition) is 2. The predicted octanol–water partition coefficient (Wildman–Crippen LogP) is 6.31. The van der Waals surface area contributed by atoms with Crippen LogP contribution in [-0.4, -0.2) is 10.0 Å². The van der Waals surface area contributed by atoms with Crippen molar-refractivity contribution in [2.75, 3.05) is 0 Å². The van der Waals surface area contributed by atoms with Crippen molar-refractivity contribution in [3.05, 3.63) is 144 Å². The van der Waals surface area contributed by atoms with E-state index in [-0.39, 0.29) is 0 Å². The molecule has 0 heterocycles. The standard InChI is InChI=1S/C28H28N2/c1-5-13-25(14-6-1)21-29(22-26-15-7-2-8-16-26)30(23-27-17-9-3-10-18-27)24-28-19-11-4-12-20-28/h1-20H,21-24H2. The minimum Gasteiger partial charge on any atom is -0.232 e. The van der Waals surface area contributed by atoms with Crippen LogP contribution in [0.15, 0.2) is 121 Å². The van der Waals surface area contributed by atoms with E-state index in [2.05, 4.69) is 131 Å². The van der Waals surface area contributed by atoms with Gasteiger partial charge in [0.25, 0.3) is 0 Å². The summed E-state index contributed by atoms with van der Waals surface area (Å²) in [6, 6.07) is 43.0. The lowest BCUT2D eigenvalue weighted by molar-refractivity contribution is -0.0572. The lowest BCUT2D eigenvalue weighted by Gasteiger charge is -2.35. The number of hydrogen-bond donors (Lipinski definition) is 0. The van der Waals surface area contributed by atoms with E-state index in [1.807, 2.05) is 0 Å². The fraction of sp³-hybridized carbons (Fsp3) is 0.143. The van der Waals surface area contributed by atoms with Gasteiger partial charge >= 0.3 is 0 Å². The fourth-order valence-corrected chi connectivity index (χ4v) is 3.69. The molecule has 4 aromatic rings. The Morgan fingerprint density at radius 1 is 0.300 bits per heavy atom. The van der Waals surface area contributed by atoms with Crippen molar-refractivity contribution in [1.29, 1.82) is 0 Å². The van der Waals surface area contributed by atoms with Gasteiger partial charge in [-0.15, -0.1) is 0 Å². The molecule has 0 amide bonds. The fourth-order valence-electron chi connectivity index (χ4n) is 3.69. The van der Waals surface area contributed by atoms with Gasteiger partial charge in [0.15, 0.2) is 0 Å². The third-order valence-electron chi connectivity index (χ3n) is 5.23. The van der Waals surface area contributed by atoms with Gasteiger partial charge in [-0.05, 0) is 22.3 Å². The molecule has 0 N–H and O–H groups in total. The molecule has 0 aliphatic heterocycles. The Kier molecular flexibility index (Phi) is 7.06. The van der Waals surface area contributed by atoms with Crippen LogP contribution in [0, 0.1) is 0 Å². The van der Waals surface area contributed by atoms with Crippen molar-refractivity contribution in [1.82, 2.24) is 10.0 Å². The third-order valence-corrected chi connectivity index (χ3v) is 5.23. The lowest BCUT2D eigenvalue weighted by Crippen LogP contribution is -2.40. The van der Waals surface area contributed by atoms with Crippen LogP contribution in [0.1, 0.15) is 22.3 Å². The number of hydrazine groups is 1. The average molecular weight is 393 g/mol. The van der Waals surface area contributed by atoms with E-state index in [4.69, 9.17) is 0 Å². The molecule has 30 heavy (non-hydrogen) atoms. The quantitative estimate of drug-likeness (QED) is 0.308. The maximum Gasteiger partial charge on any atom is 0.0388 e. The van der Waals surface area contributed by atoms with Gasteiger partial charge in [-0.1, -0.05) is 121 Å². The molecule has 150 valence electrons. The summed E-state index contributed by atoms with van der Waals surface area (Å²) in [6.45, 7) is 3.48. The van der Waals surface area contributed by atoms with Gasteiger partial charge in [-0.25, -0.2) is 10.0 Å². The maximum atomic E-state index is 2.48. The summed E-state index contributed by atoms with van der Waals surface area (Å²) in [5.74, 6) is 0. The van der Waals surface area contributed by atoms with Gasteiger partial charge in [0, 0.05) is 26.2 Å². The Morgan fingerprint density at radius 3 is 0.700 bits per heavy atom. The molecule has 0 fully saturated rings. The summed E-state index contributed by atoms with van der Waals surface area (Å²) in [5.41, 5.74) is 5.28. The van der Waals surface area contributed by atoms with Gasteiger partial charge in [-0.2, -0.15) is 0 Å². The molecule has 0 spiro atoms. The van der Waals surface area contributed by atoms with Gasteiger partial charge in [-0.3, -0.25) is 0 Å². The summed E-state index contributed by atoms with van der Waals surface area (Å²) in [5, 5.41) is 4.95. The molecule has 4 aromatic carbocycles. The Hall–Kier alpha value is -3.20. The van der Waals surface area contributed by atoms with Crippen LogP contribution >= 0.6 is 0 Å². The zero-order valence-electron chi connectivity index (χ0n) is 17.3. The van der Waals surface area contributed by atoms with Crippen molar-refractivity contribution >= 4 is 0 Å². The maximum absolute atomic E-state index is 2.48. The van der Waals surface area contributed by atoms with Crippen LogP contribution in [0.5, 0.6) is 0 Å². The Labute approximate surface area is 180 Å². The van der Waals surface area contributed by atoms with E-state index in [1.54, 1.807) is 0 Å². The molecule has 0 atom stereocenters. The van der Waals surface area contributed by atoms with Crippen molar-refractivity contribution in [3.63, 3.8) is 0 Å². The van der Waals surface area contributed by atoms with Gasteiger partial charge in [0.05, 0.1) is 0 Å². The molecule has 0 saturated carbocycles. The number of benzene rings is 4. The number of rotatable bonds is 9. The largest absolute Gasteiger partial charge is 0.232 e. The second-order valence-electron chi connectivity index (χ2n) is 7.59. The molecule has 0 aliphatic carbocycles. The minimum atomic E-state index is 0.870. The SMILES string of the molecule is c1ccc(CN(Cc2ccccc2)N(Cc2ccccc2)Cc2ccccc2)cc1. The van der Waals surface area contributed by atoms with E-state index in [0.717, 1.165) is 26.2 Å². The van der Waals surface area contributed by atoms with Crippen LogP contribution in [0.2, 0.25) is 0 Å². The van der Waals surface area contributed by atoms with E-state index >= 15 is 0 Å². The highest BCUT2D eigenvalue weighted by Crippen LogP contribution is 2.19. The van der Waals surface area contributed by atoms with Gasteiger partial charge in [0.1, 0.15) is 0 Å². The highest BCUT2D eigenvalue weighted by atomic mass is 15.6. The highest BCUT2D eigenvalue weighted by Gasteiger charge is 2.18. The molecule has 2 nitrogen and oxygen atoms in total. The van der Waals surface area contributed by atoms with E-state index in [0.29, 0.717) is 0 Å².